The second-order valence-corrected chi connectivity index (χ2v) is 7.01. The smallest absolute Gasteiger partial charge is 0.267 e. The van der Waals surface area contributed by atoms with Gasteiger partial charge in [-0.3, -0.25) is 4.79 Å². The van der Waals surface area contributed by atoms with E-state index in [0.29, 0.717) is 18.3 Å². The van der Waals surface area contributed by atoms with Crippen molar-refractivity contribution in [3.05, 3.63) is 65.9 Å². The van der Waals surface area contributed by atoms with Crippen molar-refractivity contribution < 1.29 is 9.53 Å². The van der Waals surface area contributed by atoms with Gasteiger partial charge in [-0.1, -0.05) is 49.6 Å². The lowest BCUT2D eigenvalue weighted by atomic mass is 9.95. The fourth-order valence-corrected chi connectivity index (χ4v) is 3.57. The van der Waals surface area contributed by atoms with E-state index in [1.165, 1.54) is 19.3 Å². The van der Waals surface area contributed by atoms with E-state index in [2.05, 4.69) is 10.3 Å². The largest absolute Gasteiger partial charge is 0.489 e. The van der Waals surface area contributed by atoms with Gasteiger partial charge in [0, 0.05) is 23.0 Å². The van der Waals surface area contributed by atoms with Crippen molar-refractivity contribution in [3.63, 3.8) is 0 Å². The van der Waals surface area contributed by atoms with Gasteiger partial charge in [-0.25, -0.2) is 0 Å². The van der Waals surface area contributed by atoms with Crippen LogP contribution in [0.2, 0.25) is 0 Å². The van der Waals surface area contributed by atoms with E-state index in [0.717, 1.165) is 35.1 Å². The van der Waals surface area contributed by atoms with Crippen LogP contribution in [0.3, 0.4) is 0 Å². The summed E-state index contributed by atoms with van der Waals surface area (Å²) < 4.78 is 5.87. The molecule has 1 aliphatic carbocycles. The number of benzene rings is 2. The minimum Gasteiger partial charge on any atom is -0.489 e. The highest BCUT2D eigenvalue weighted by molar-refractivity contribution is 5.98. The number of aromatic nitrogens is 1. The maximum absolute atomic E-state index is 12.5. The fraction of sp³-hybridized carbons (Fsp3) is 0.318. The van der Waals surface area contributed by atoms with Gasteiger partial charge in [0.15, 0.2) is 0 Å². The minimum atomic E-state index is -0.0140. The Morgan fingerprint density at radius 3 is 2.65 bits per heavy atom. The Morgan fingerprint density at radius 2 is 1.85 bits per heavy atom. The number of hydrogen-bond donors (Lipinski definition) is 2. The lowest BCUT2D eigenvalue weighted by Crippen LogP contribution is -2.36. The Hall–Kier alpha value is -2.75. The molecule has 134 valence electrons. The molecule has 4 heteroatoms. The monoisotopic (exact) mass is 348 g/mol. The standard InChI is InChI=1S/C22H24N2O2/c25-22(23-18-9-5-2-6-10-18)21-13-17-11-12-19(14-20(17)24-21)26-15-16-7-3-1-4-8-16/h1,3-4,7-8,11-14,18,24H,2,5-6,9-10,15H2,(H,23,25). The summed E-state index contributed by atoms with van der Waals surface area (Å²) in [4.78, 5) is 15.7. The Bertz CT molecular complexity index is 880. The molecule has 3 aromatic rings. The summed E-state index contributed by atoms with van der Waals surface area (Å²) in [6.45, 7) is 0.530. The zero-order chi connectivity index (χ0) is 17.8. The molecule has 1 aliphatic rings. The molecule has 1 saturated carbocycles. The van der Waals surface area contributed by atoms with Gasteiger partial charge in [0.2, 0.25) is 0 Å². The summed E-state index contributed by atoms with van der Waals surface area (Å²) >= 11 is 0. The maximum atomic E-state index is 12.5. The van der Waals surface area contributed by atoms with E-state index in [-0.39, 0.29) is 5.91 Å². The van der Waals surface area contributed by atoms with Gasteiger partial charge in [0.25, 0.3) is 5.91 Å². The molecule has 0 atom stereocenters. The van der Waals surface area contributed by atoms with Gasteiger partial charge in [-0.2, -0.15) is 0 Å². The molecule has 1 fully saturated rings. The molecule has 0 bridgehead atoms. The molecule has 2 aromatic carbocycles. The van der Waals surface area contributed by atoms with Gasteiger partial charge >= 0.3 is 0 Å². The van der Waals surface area contributed by atoms with Crippen LogP contribution in [0.4, 0.5) is 0 Å². The number of ether oxygens (including phenoxy) is 1. The first-order valence-electron chi connectivity index (χ1n) is 9.38. The lowest BCUT2D eigenvalue weighted by Gasteiger charge is -2.22. The van der Waals surface area contributed by atoms with Crippen molar-refractivity contribution in [1.82, 2.24) is 10.3 Å². The third-order valence-corrected chi connectivity index (χ3v) is 5.03. The molecule has 4 rings (SSSR count). The van der Waals surface area contributed by atoms with Crippen LogP contribution in [0, 0.1) is 0 Å². The van der Waals surface area contributed by atoms with Crippen LogP contribution in [0.25, 0.3) is 10.9 Å². The molecule has 0 spiro atoms. The fourth-order valence-electron chi connectivity index (χ4n) is 3.57. The molecular formula is C22H24N2O2. The zero-order valence-corrected chi connectivity index (χ0v) is 14.8. The summed E-state index contributed by atoms with van der Waals surface area (Å²) in [5, 5.41) is 4.18. The molecule has 0 unspecified atom stereocenters. The number of carbonyl (C=O) groups is 1. The summed E-state index contributed by atoms with van der Waals surface area (Å²) in [5.41, 5.74) is 2.67. The predicted octanol–water partition coefficient (Wildman–Crippen LogP) is 4.81. The Labute approximate surface area is 153 Å². The molecule has 1 heterocycles. The molecule has 0 aliphatic heterocycles. The second kappa shape index (κ2) is 7.65. The van der Waals surface area contributed by atoms with E-state index < -0.39 is 0 Å². The number of amides is 1. The molecule has 0 saturated heterocycles. The molecule has 0 radical (unpaired) electrons. The van der Waals surface area contributed by atoms with E-state index >= 15 is 0 Å². The van der Waals surface area contributed by atoms with Gasteiger partial charge in [0.05, 0.1) is 0 Å². The number of H-pyrrole nitrogens is 1. The normalized spacial score (nSPS) is 15.1. The van der Waals surface area contributed by atoms with Crippen molar-refractivity contribution in [2.24, 2.45) is 0 Å². The van der Waals surface area contributed by atoms with Crippen molar-refractivity contribution >= 4 is 16.8 Å². The first kappa shape index (κ1) is 16.7. The van der Waals surface area contributed by atoms with Gasteiger partial charge in [0.1, 0.15) is 18.1 Å². The maximum Gasteiger partial charge on any atom is 0.267 e. The molecule has 1 aromatic heterocycles. The van der Waals surface area contributed by atoms with E-state index in [9.17, 15) is 4.79 Å². The molecule has 2 N–H and O–H groups in total. The van der Waals surface area contributed by atoms with Crippen molar-refractivity contribution in [2.45, 2.75) is 44.8 Å². The highest BCUT2D eigenvalue weighted by atomic mass is 16.5. The van der Waals surface area contributed by atoms with Gasteiger partial charge < -0.3 is 15.0 Å². The quantitative estimate of drug-likeness (QED) is 0.695. The topological polar surface area (TPSA) is 54.1 Å². The summed E-state index contributed by atoms with van der Waals surface area (Å²) in [7, 11) is 0. The number of hydrogen-bond acceptors (Lipinski definition) is 2. The summed E-state index contributed by atoms with van der Waals surface area (Å²) in [6.07, 6.45) is 5.87. The molecular weight excluding hydrogens is 324 g/mol. The lowest BCUT2D eigenvalue weighted by molar-refractivity contribution is 0.0923. The van der Waals surface area contributed by atoms with Crippen molar-refractivity contribution in [2.75, 3.05) is 0 Å². The average molecular weight is 348 g/mol. The Morgan fingerprint density at radius 1 is 1.04 bits per heavy atom. The third-order valence-electron chi connectivity index (χ3n) is 5.03. The Balaban J connectivity index is 1.44. The number of carbonyl (C=O) groups excluding carboxylic acids is 1. The molecule has 1 amide bonds. The van der Waals surface area contributed by atoms with Crippen LogP contribution < -0.4 is 10.1 Å². The van der Waals surface area contributed by atoms with Crippen LogP contribution in [-0.2, 0) is 6.61 Å². The summed E-state index contributed by atoms with van der Waals surface area (Å²) in [6, 6.07) is 18.2. The van der Waals surface area contributed by atoms with E-state index in [4.69, 9.17) is 4.74 Å². The SMILES string of the molecule is O=C(NC1CCCCC1)c1cc2ccc(OCc3ccccc3)cc2[nH]1. The summed E-state index contributed by atoms with van der Waals surface area (Å²) in [5.74, 6) is 0.780. The molecule has 26 heavy (non-hydrogen) atoms. The van der Waals surface area contributed by atoms with Crippen LogP contribution in [0.15, 0.2) is 54.6 Å². The number of fused-ring (bicyclic) bond motifs is 1. The van der Waals surface area contributed by atoms with Crippen molar-refractivity contribution in [1.29, 1.82) is 0 Å². The zero-order valence-electron chi connectivity index (χ0n) is 14.8. The highest BCUT2D eigenvalue weighted by Gasteiger charge is 2.17. The predicted molar refractivity (Wildman–Crippen MR) is 103 cm³/mol. The van der Waals surface area contributed by atoms with E-state index in [1.54, 1.807) is 0 Å². The minimum absolute atomic E-state index is 0.0140. The average Bonchev–Trinajstić information content (AvgIpc) is 3.11. The Kier molecular flexibility index (Phi) is 4.91. The first-order chi connectivity index (χ1) is 12.8. The highest BCUT2D eigenvalue weighted by Crippen LogP contribution is 2.23. The van der Waals surface area contributed by atoms with Gasteiger partial charge in [-0.05, 0) is 36.6 Å². The third kappa shape index (κ3) is 3.90. The van der Waals surface area contributed by atoms with Crippen LogP contribution in [0.5, 0.6) is 5.75 Å². The van der Waals surface area contributed by atoms with Crippen LogP contribution >= 0.6 is 0 Å². The molecule has 4 nitrogen and oxygen atoms in total. The second-order valence-electron chi connectivity index (χ2n) is 7.01. The first-order valence-corrected chi connectivity index (χ1v) is 9.38. The van der Waals surface area contributed by atoms with E-state index in [1.807, 2.05) is 54.6 Å². The number of rotatable bonds is 5. The van der Waals surface area contributed by atoms with Gasteiger partial charge in [-0.15, -0.1) is 0 Å². The number of nitrogens with one attached hydrogen (secondary N) is 2. The van der Waals surface area contributed by atoms with Crippen LogP contribution in [-0.4, -0.2) is 16.9 Å². The van der Waals surface area contributed by atoms with Crippen molar-refractivity contribution in [3.8, 4) is 5.75 Å². The number of aromatic amines is 1. The van der Waals surface area contributed by atoms with Crippen LogP contribution in [0.1, 0.15) is 48.2 Å².